The number of likely N-dealkylation sites (tertiary alicyclic amines) is 1. The highest BCUT2D eigenvalue weighted by Crippen LogP contribution is 2.21. The van der Waals surface area contributed by atoms with E-state index in [1.807, 2.05) is 11.0 Å². The van der Waals surface area contributed by atoms with Gasteiger partial charge in [-0.15, -0.1) is 0 Å². The SMILES string of the molecule is CNCC(=O)N1CCC(Oc2ccc(C)c(C)c2)CC1. The van der Waals surface area contributed by atoms with Crippen LogP contribution in [0, 0.1) is 13.8 Å². The van der Waals surface area contributed by atoms with Crippen LogP contribution < -0.4 is 10.1 Å². The van der Waals surface area contributed by atoms with Crippen molar-refractivity contribution in [2.75, 3.05) is 26.7 Å². The monoisotopic (exact) mass is 276 g/mol. The predicted molar refractivity (Wildman–Crippen MR) is 80.1 cm³/mol. The minimum Gasteiger partial charge on any atom is -0.490 e. The molecule has 0 aliphatic carbocycles. The summed E-state index contributed by atoms with van der Waals surface area (Å²) in [4.78, 5) is 13.7. The molecule has 1 aromatic rings. The van der Waals surface area contributed by atoms with Gasteiger partial charge in [0.2, 0.25) is 5.91 Å². The fourth-order valence-corrected chi connectivity index (χ4v) is 2.47. The van der Waals surface area contributed by atoms with Gasteiger partial charge in [-0.1, -0.05) is 6.07 Å². The van der Waals surface area contributed by atoms with Crippen LogP contribution in [0.25, 0.3) is 0 Å². The van der Waals surface area contributed by atoms with Gasteiger partial charge in [-0.25, -0.2) is 0 Å². The van der Waals surface area contributed by atoms with E-state index in [9.17, 15) is 4.79 Å². The topological polar surface area (TPSA) is 41.6 Å². The molecule has 0 saturated carbocycles. The largest absolute Gasteiger partial charge is 0.490 e. The Kier molecular flexibility index (Phi) is 5.01. The Morgan fingerprint density at radius 3 is 2.60 bits per heavy atom. The average Bonchev–Trinajstić information content (AvgIpc) is 2.44. The lowest BCUT2D eigenvalue weighted by Crippen LogP contribution is -2.44. The third kappa shape index (κ3) is 3.73. The zero-order valence-corrected chi connectivity index (χ0v) is 12.6. The van der Waals surface area contributed by atoms with E-state index in [2.05, 4.69) is 31.3 Å². The zero-order chi connectivity index (χ0) is 14.5. The van der Waals surface area contributed by atoms with Crippen LogP contribution in [0.1, 0.15) is 24.0 Å². The summed E-state index contributed by atoms with van der Waals surface area (Å²) in [5.74, 6) is 1.12. The number of aryl methyl sites for hydroxylation is 2. The Bertz CT molecular complexity index is 466. The van der Waals surface area contributed by atoms with Gasteiger partial charge < -0.3 is 15.0 Å². The number of hydrogen-bond acceptors (Lipinski definition) is 3. The van der Waals surface area contributed by atoms with Gasteiger partial charge in [0, 0.05) is 25.9 Å². The number of nitrogens with zero attached hydrogens (tertiary/aromatic N) is 1. The van der Waals surface area contributed by atoms with Crippen molar-refractivity contribution in [3.05, 3.63) is 29.3 Å². The highest BCUT2D eigenvalue weighted by molar-refractivity contribution is 5.78. The van der Waals surface area contributed by atoms with Gasteiger partial charge in [-0.2, -0.15) is 0 Å². The molecule has 1 aromatic carbocycles. The zero-order valence-electron chi connectivity index (χ0n) is 12.6. The number of carbonyl (C=O) groups is 1. The second-order valence-electron chi connectivity index (χ2n) is 5.47. The van der Waals surface area contributed by atoms with Crippen molar-refractivity contribution in [1.82, 2.24) is 10.2 Å². The van der Waals surface area contributed by atoms with Gasteiger partial charge >= 0.3 is 0 Å². The van der Waals surface area contributed by atoms with E-state index >= 15 is 0 Å². The van der Waals surface area contributed by atoms with Gasteiger partial charge in [-0.3, -0.25) is 4.79 Å². The first-order valence-corrected chi connectivity index (χ1v) is 7.26. The molecular formula is C16H24N2O2. The molecule has 1 fully saturated rings. The Labute approximate surface area is 121 Å². The van der Waals surface area contributed by atoms with E-state index < -0.39 is 0 Å². The summed E-state index contributed by atoms with van der Waals surface area (Å²) in [6.45, 7) is 6.20. The summed E-state index contributed by atoms with van der Waals surface area (Å²) < 4.78 is 6.03. The van der Waals surface area contributed by atoms with E-state index in [1.165, 1.54) is 11.1 Å². The van der Waals surface area contributed by atoms with Crippen LogP contribution in [-0.4, -0.2) is 43.6 Å². The van der Waals surface area contributed by atoms with Crippen molar-refractivity contribution in [2.45, 2.75) is 32.8 Å². The van der Waals surface area contributed by atoms with Gasteiger partial charge in [-0.05, 0) is 44.2 Å². The van der Waals surface area contributed by atoms with Crippen LogP contribution in [0.2, 0.25) is 0 Å². The van der Waals surface area contributed by atoms with Crippen LogP contribution >= 0.6 is 0 Å². The van der Waals surface area contributed by atoms with Crippen molar-refractivity contribution < 1.29 is 9.53 Å². The smallest absolute Gasteiger partial charge is 0.236 e. The van der Waals surface area contributed by atoms with Gasteiger partial charge in [0.25, 0.3) is 0 Å². The lowest BCUT2D eigenvalue weighted by molar-refractivity contribution is -0.131. The molecule has 1 aliphatic rings. The first-order chi connectivity index (χ1) is 9.60. The molecule has 1 amide bonds. The standard InChI is InChI=1S/C16H24N2O2/c1-12-4-5-15(10-13(12)2)20-14-6-8-18(9-7-14)16(19)11-17-3/h4-5,10,14,17H,6-9,11H2,1-3H3. The molecule has 0 radical (unpaired) electrons. The van der Waals surface area contributed by atoms with E-state index in [0.717, 1.165) is 31.7 Å². The summed E-state index contributed by atoms with van der Waals surface area (Å²) in [6, 6.07) is 6.21. The maximum Gasteiger partial charge on any atom is 0.236 e. The minimum absolute atomic E-state index is 0.178. The second-order valence-corrected chi connectivity index (χ2v) is 5.47. The van der Waals surface area contributed by atoms with Crippen molar-refractivity contribution in [1.29, 1.82) is 0 Å². The lowest BCUT2D eigenvalue weighted by Gasteiger charge is -2.32. The Morgan fingerprint density at radius 2 is 2.00 bits per heavy atom. The highest BCUT2D eigenvalue weighted by Gasteiger charge is 2.23. The molecule has 0 unspecified atom stereocenters. The maximum atomic E-state index is 11.8. The number of likely N-dealkylation sites (N-methyl/N-ethyl adjacent to an activating group) is 1. The van der Waals surface area contributed by atoms with Crippen LogP contribution in [0.4, 0.5) is 0 Å². The number of nitrogens with one attached hydrogen (secondary N) is 1. The summed E-state index contributed by atoms with van der Waals surface area (Å²) in [6.07, 6.45) is 2.03. The van der Waals surface area contributed by atoms with E-state index in [-0.39, 0.29) is 12.0 Å². The quantitative estimate of drug-likeness (QED) is 0.913. The van der Waals surface area contributed by atoms with Crippen LogP contribution in [-0.2, 0) is 4.79 Å². The lowest BCUT2D eigenvalue weighted by atomic mass is 10.1. The number of piperidine rings is 1. The van der Waals surface area contributed by atoms with E-state index in [4.69, 9.17) is 4.74 Å². The number of rotatable bonds is 4. The van der Waals surface area contributed by atoms with E-state index in [0.29, 0.717) is 6.54 Å². The maximum absolute atomic E-state index is 11.8. The van der Waals surface area contributed by atoms with Crippen LogP contribution in [0.15, 0.2) is 18.2 Å². The number of amides is 1. The summed E-state index contributed by atoms with van der Waals surface area (Å²) in [5.41, 5.74) is 2.54. The van der Waals surface area contributed by atoms with Crippen LogP contribution in [0.3, 0.4) is 0 Å². The summed E-state index contributed by atoms with van der Waals surface area (Å²) >= 11 is 0. The third-order valence-electron chi connectivity index (χ3n) is 3.90. The fraction of sp³-hybridized carbons (Fsp3) is 0.562. The summed E-state index contributed by atoms with van der Waals surface area (Å²) in [7, 11) is 1.80. The summed E-state index contributed by atoms with van der Waals surface area (Å²) in [5, 5.41) is 2.90. The molecule has 0 bridgehead atoms. The first-order valence-electron chi connectivity index (χ1n) is 7.26. The van der Waals surface area contributed by atoms with Crippen molar-refractivity contribution in [3.8, 4) is 5.75 Å². The average molecular weight is 276 g/mol. The predicted octanol–water partition coefficient (Wildman–Crippen LogP) is 1.89. The number of hydrogen-bond donors (Lipinski definition) is 1. The fourth-order valence-electron chi connectivity index (χ4n) is 2.47. The van der Waals surface area contributed by atoms with E-state index in [1.54, 1.807) is 7.05 Å². The van der Waals surface area contributed by atoms with Crippen molar-refractivity contribution >= 4 is 5.91 Å². The molecule has 1 N–H and O–H groups in total. The number of benzene rings is 1. The molecule has 110 valence electrons. The molecule has 0 aromatic heterocycles. The molecule has 20 heavy (non-hydrogen) atoms. The highest BCUT2D eigenvalue weighted by atomic mass is 16.5. The Morgan fingerprint density at radius 1 is 1.30 bits per heavy atom. The second kappa shape index (κ2) is 6.75. The Hall–Kier alpha value is -1.55. The number of ether oxygens (including phenoxy) is 1. The third-order valence-corrected chi connectivity index (χ3v) is 3.90. The molecule has 1 aliphatic heterocycles. The van der Waals surface area contributed by atoms with Gasteiger partial charge in [0.15, 0.2) is 0 Å². The normalized spacial score (nSPS) is 16.2. The number of carbonyl (C=O) groups excluding carboxylic acids is 1. The van der Waals surface area contributed by atoms with Gasteiger partial charge in [0.05, 0.1) is 6.54 Å². The van der Waals surface area contributed by atoms with Crippen LogP contribution in [0.5, 0.6) is 5.75 Å². The molecule has 4 nitrogen and oxygen atoms in total. The first kappa shape index (κ1) is 14.9. The molecule has 1 heterocycles. The Balaban J connectivity index is 1.85. The molecule has 4 heteroatoms. The molecule has 1 saturated heterocycles. The molecular weight excluding hydrogens is 252 g/mol. The van der Waals surface area contributed by atoms with Crippen molar-refractivity contribution in [3.63, 3.8) is 0 Å². The minimum atomic E-state index is 0.178. The van der Waals surface area contributed by atoms with Crippen molar-refractivity contribution in [2.24, 2.45) is 0 Å². The molecule has 0 atom stereocenters. The van der Waals surface area contributed by atoms with Gasteiger partial charge in [0.1, 0.15) is 11.9 Å². The molecule has 2 rings (SSSR count). The molecule has 0 spiro atoms.